The summed E-state index contributed by atoms with van der Waals surface area (Å²) in [6.45, 7) is 5.46. The third kappa shape index (κ3) is 3.19. The van der Waals surface area contributed by atoms with Gasteiger partial charge in [0.15, 0.2) is 0 Å². The smallest absolute Gasteiger partial charge is 0.139 e. The lowest BCUT2D eigenvalue weighted by Gasteiger charge is -2.17. The van der Waals surface area contributed by atoms with Crippen molar-refractivity contribution in [3.8, 4) is 5.75 Å². The molecule has 0 atom stereocenters. The van der Waals surface area contributed by atoms with Crippen LogP contribution in [0.5, 0.6) is 5.75 Å². The number of halogens is 1. The van der Waals surface area contributed by atoms with Gasteiger partial charge in [-0.2, -0.15) is 5.10 Å². The van der Waals surface area contributed by atoms with E-state index in [4.69, 9.17) is 0 Å². The van der Waals surface area contributed by atoms with Gasteiger partial charge in [0, 0.05) is 42.1 Å². The fourth-order valence-electron chi connectivity index (χ4n) is 2.21. The summed E-state index contributed by atoms with van der Waals surface area (Å²) in [7, 11) is 3.96. The molecule has 0 bridgehead atoms. The molecule has 0 spiro atoms. The van der Waals surface area contributed by atoms with E-state index in [1.165, 1.54) is 11.3 Å². The predicted octanol–water partition coefficient (Wildman–Crippen LogP) is 2.53. The van der Waals surface area contributed by atoms with Crippen LogP contribution in [0.2, 0.25) is 0 Å². The Morgan fingerprint density at radius 3 is 2.60 bits per heavy atom. The fourth-order valence-corrected chi connectivity index (χ4v) is 2.53. The molecule has 0 aromatic carbocycles. The van der Waals surface area contributed by atoms with Gasteiger partial charge in [-0.25, -0.2) is 0 Å². The van der Waals surface area contributed by atoms with E-state index < -0.39 is 0 Å². The molecular formula is C14H19BrN4O. The molecule has 6 heteroatoms. The van der Waals surface area contributed by atoms with Crippen LogP contribution in [0, 0.1) is 13.8 Å². The maximum Gasteiger partial charge on any atom is 0.139 e. The van der Waals surface area contributed by atoms with Gasteiger partial charge in [0.1, 0.15) is 5.75 Å². The van der Waals surface area contributed by atoms with Crippen molar-refractivity contribution in [1.82, 2.24) is 19.7 Å². The van der Waals surface area contributed by atoms with Crippen molar-refractivity contribution >= 4 is 15.9 Å². The minimum absolute atomic E-state index is 0.214. The first kappa shape index (κ1) is 15.0. The van der Waals surface area contributed by atoms with Gasteiger partial charge in [-0.15, -0.1) is 0 Å². The molecule has 20 heavy (non-hydrogen) atoms. The summed E-state index contributed by atoms with van der Waals surface area (Å²) in [5.41, 5.74) is 4.12. The van der Waals surface area contributed by atoms with Gasteiger partial charge in [0.2, 0.25) is 0 Å². The fraction of sp³-hybridized carbons (Fsp3) is 0.429. The van der Waals surface area contributed by atoms with Crippen molar-refractivity contribution in [2.75, 3.05) is 7.05 Å². The van der Waals surface area contributed by atoms with Crippen molar-refractivity contribution in [3.63, 3.8) is 0 Å². The van der Waals surface area contributed by atoms with Crippen LogP contribution in [0.15, 0.2) is 16.7 Å². The number of aryl methyl sites for hydroxylation is 2. The Bertz CT molecular complexity index is 624. The Labute approximate surface area is 127 Å². The number of hydrogen-bond donors (Lipinski definition) is 1. The molecule has 2 aromatic rings. The minimum atomic E-state index is 0.214. The first-order chi connectivity index (χ1) is 9.38. The normalized spacial score (nSPS) is 11.3. The summed E-state index contributed by atoms with van der Waals surface area (Å²) in [6.07, 6.45) is 1.70. The predicted molar refractivity (Wildman–Crippen MR) is 81.5 cm³/mol. The van der Waals surface area contributed by atoms with E-state index in [9.17, 15) is 5.11 Å². The Balaban J connectivity index is 2.11. The first-order valence-electron chi connectivity index (χ1n) is 6.39. The molecule has 2 aromatic heterocycles. The Hall–Kier alpha value is -1.40. The van der Waals surface area contributed by atoms with Crippen LogP contribution in [-0.4, -0.2) is 31.8 Å². The molecule has 0 saturated carbocycles. The van der Waals surface area contributed by atoms with Crippen molar-refractivity contribution in [2.45, 2.75) is 26.9 Å². The van der Waals surface area contributed by atoms with E-state index in [1.54, 1.807) is 12.3 Å². The second kappa shape index (κ2) is 5.93. The van der Waals surface area contributed by atoms with Crippen molar-refractivity contribution in [3.05, 3.63) is 39.4 Å². The molecule has 108 valence electrons. The van der Waals surface area contributed by atoms with Gasteiger partial charge < -0.3 is 5.11 Å². The first-order valence-corrected chi connectivity index (χ1v) is 7.18. The molecule has 0 saturated heterocycles. The molecule has 0 radical (unpaired) electrons. The number of aromatic nitrogens is 3. The van der Waals surface area contributed by atoms with Crippen LogP contribution in [0.4, 0.5) is 0 Å². The molecule has 2 rings (SSSR count). The van der Waals surface area contributed by atoms with E-state index >= 15 is 0 Å². The summed E-state index contributed by atoms with van der Waals surface area (Å²) in [5, 5.41) is 14.3. The topological polar surface area (TPSA) is 54.2 Å². The second-order valence-electron chi connectivity index (χ2n) is 5.06. The summed E-state index contributed by atoms with van der Waals surface area (Å²) < 4.78 is 2.67. The number of hydrogen-bond acceptors (Lipinski definition) is 4. The molecule has 0 aliphatic rings. The van der Waals surface area contributed by atoms with Crippen LogP contribution in [0.1, 0.15) is 22.6 Å². The van der Waals surface area contributed by atoms with Gasteiger partial charge in [-0.1, -0.05) is 0 Å². The zero-order chi connectivity index (χ0) is 14.9. The quantitative estimate of drug-likeness (QED) is 0.930. The molecular weight excluding hydrogens is 320 g/mol. The summed E-state index contributed by atoms with van der Waals surface area (Å²) in [4.78, 5) is 6.37. The summed E-state index contributed by atoms with van der Waals surface area (Å²) >= 11 is 3.29. The highest BCUT2D eigenvalue weighted by molar-refractivity contribution is 9.10. The minimum Gasteiger partial charge on any atom is -0.506 e. The average Bonchev–Trinajstić information content (AvgIpc) is 2.60. The highest BCUT2D eigenvalue weighted by Crippen LogP contribution is 2.22. The van der Waals surface area contributed by atoms with Crippen LogP contribution < -0.4 is 0 Å². The number of nitrogens with zero attached hydrogens (tertiary/aromatic N) is 4. The standard InChI is InChI=1S/C14H19BrN4O/c1-9-12(10(2)19(4)17-9)7-18(3)8-13-14(20)5-11(15)6-16-13/h5-6,20H,7-8H2,1-4H3. The molecule has 1 N–H and O–H groups in total. The van der Waals surface area contributed by atoms with Crippen molar-refractivity contribution < 1.29 is 5.11 Å². The summed E-state index contributed by atoms with van der Waals surface area (Å²) in [5.74, 6) is 0.214. The molecule has 0 amide bonds. The van der Waals surface area contributed by atoms with E-state index in [2.05, 4.69) is 37.8 Å². The number of aromatic hydroxyl groups is 1. The van der Waals surface area contributed by atoms with Gasteiger partial charge in [0.25, 0.3) is 0 Å². The SMILES string of the molecule is Cc1nn(C)c(C)c1CN(C)Cc1ncc(Br)cc1O. The molecule has 0 unspecified atom stereocenters. The van der Waals surface area contributed by atoms with Crippen LogP contribution >= 0.6 is 15.9 Å². The van der Waals surface area contributed by atoms with E-state index in [-0.39, 0.29) is 5.75 Å². The second-order valence-corrected chi connectivity index (χ2v) is 5.98. The van der Waals surface area contributed by atoms with E-state index in [1.807, 2.05) is 25.7 Å². The van der Waals surface area contributed by atoms with Gasteiger partial charge in [0.05, 0.1) is 11.4 Å². The molecule has 2 heterocycles. The molecule has 0 fully saturated rings. The van der Waals surface area contributed by atoms with Gasteiger partial charge in [-0.3, -0.25) is 14.6 Å². The largest absolute Gasteiger partial charge is 0.506 e. The zero-order valence-corrected chi connectivity index (χ0v) is 13.8. The summed E-state index contributed by atoms with van der Waals surface area (Å²) in [6, 6.07) is 1.66. The van der Waals surface area contributed by atoms with Crippen LogP contribution in [-0.2, 0) is 20.1 Å². The van der Waals surface area contributed by atoms with Crippen molar-refractivity contribution in [2.24, 2.45) is 7.05 Å². The maximum atomic E-state index is 9.88. The highest BCUT2D eigenvalue weighted by Gasteiger charge is 2.13. The van der Waals surface area contributed by atoms with Crippen LogP contribution in [0.25, 0.3) is 0 Å². The average molecular weight is 339 g/mol. The lowest BCUT2D eigenvalue weighted by atomic mass is 10.2. The Kier molecular flexibility index (Phi) is 4.45. The highest BCUT2D eigenvalue weighted by atomic mass is 79.9. The van der Waals surface area contributed by atoms with Crippen molar-refractivity contribution in [1.29, 1.82) is 0 Å². The lowest BCUT2D eigenvalue weighted by Crippen LogP contribution is -2.19. The Morgan fingerprint density at radius 1 is 1.35 bits per heavy atom. The van der Waals surface area contributed by atoms with E-state index in [0.29, 0.717) is 12.2 Å². The van der Waals surface area contributed by atoms with E-state index in [0.717, 1.165) is 16.7 Å². The molecule has 5 nitrogen and oxygen atoms in total. The van der Waals surface area contributed by atoms with Gasteiger partial charge in [-0.05, 0) is 42.9 Å². The number of pyridine rings is 1. The van der Waals surface area contributed by atoms with Crippen LogP contribution in [0.3, 0.4) is 0 Å². The zero-order valence-electron chi connectivity index (χ0n) is 12.2. The Morgan fingerprint density at radius 2 is 2.05 bits per heavy atom. The third-order valence-electron chi connectivity index (χ3n) is 3.42. The monoisotopic (exact) mass is 338 g/mol. The lowest BCUT2D eigenvalue weighted by molar-refractivity contribution is 0.306. The molecule has 0 aliphatic carbocycles. The molecule has 0 aliphatic heterocycles. The van der Waals surface area contributed by atoms with Gasteiger partial charge >= 0.3 is 0 Å². The number of rotatable bonds is 4. The maximum absolute atomic E-state index is 9.88. The third-order valence-corrected chi connectivity index (χ3v) is 3.85.